The number of carbonyl (C=O) groups excluding carboxylic acids is 14. The molecule has 0 aliphatic rings. The third-order valence-electron chi connectivity index (χ3n) is 15.5. The molecule has 44 heteroatoms. The number of anilines is 3. The Morgan fingerprint density at radius 3 is 0.808 bits per heavy atom. The number of nitrogens with two attached hydrogens (primary N) is 2. The van der Waals surface area contributed by atoms with E-state index in [1.807, 2.05) is 0 Å². The summed E-state index contributed by atoms with van der Waals surface area (Å²) in [5, 5.41) is 19.1. The summed E-state index contributed by atoms with van der Waals surface area (Å²) < 4.78 is 128. The van der Waals surface area contributed by atoms with E-state index in [4.69, 9.17) is 120 Å². The zero-order valence-electron chi connectivity index (χ0n) is 66.5. The summed E-state index contributed by atoms with van der Waals surface area (Å²) >= 11 is 18.3. The molecule has 0 fully saturated rings. The van der Waals surface area contributed by atoms with Crippen LogP contribution < -0.4 is 26.2 Å². The molecule has 39 nitrogen and oxygen atoms in total. The largest absolute Gasteiger partial charge is 0.467 e. The lowest BCUT2D eigenvalue weighted by Crippen LogP contribution is -2.39. The Morgan fingerprint density at radius 1 is 0.358 bits per heavy atom. The van der Waals surface area contributed by atoms with Crippen LogP contribution in [0.15, 0.2) is 115 Å². The van der Waals surface area contributed by atoms with Crippen molar-refractivity contribution < 1.29 is 159 Å². The number of nitrogens with one attached hydrogen (secondary N) is 3. The van der Waals surface area contributed by atoms with Crippen molar-refractivity contribution in [2.75, 3.05) is 29.2 Å². The molecule has 3 aromatic carbocycles. The molecule has 3 heterocycles. The minimum Gasteiger partial charge on any atom is -0.467 e. The van der Waals surface area contributed by atoms with Crippen LogP contribution >= 0.6 is 34.8 Å². The maximum Gasteiger partial charge on any atom is 0.348 e. The molecule has 0 unspecified atom stereocenters. The lowest BCUT2D eigenvalue weighted by Gasteiger charge is -2.21. The van der Waals surface area contributed by atoms with Gasteiger partial charge in [-0.2, -0.15) is 0 Å². The number of primary sulfonamides is 2. The van der Waals surface area contributed by atoms with E-state index >= 15 is 0 Å². The molecule has 0 radical (unpaired) electrons. The number of ketones is 1. The van der Waals surface area contributed by atoms with Crippen LogP contribution in [-0.4, -0.2) is 181 Å². The van der Waals surface area contributed by atoms with Crippen LogP contribution in [0.5, 0.6) is 0 Å². The van der Waals surface area contributed by atoms with Gasteiger partial charge in [0.05, 0.1) is 95.4 Å². The van der Waals surface area contributed by atoms with Crippen molar-refractivity contribution in [1.82, 2.24) is 0 Å². The molecule has 0 bridgehead atoms. The van der Waals surface area contributed by atoms with Crippen LogP contribution in [0.1, 0.15) is 158 Å². The number of benzene rings is 3. The van der Waals surface area contributed by atoms with Crippen LogP contribution in [0, 0.1) is 6.92 Å². The fraction of sp³-hybridized carbons (Fsp3) is 0.421. The minimum absolute atomic E-state index is 0. The van der Waals surface area contributed by atoms with Crippen LogP contribution in [0.25, 0.3) is 0 Å². The Bertz CT molecular complexity index is 4850. The van der Waals surface area contributed by atoms with E-state index in [0.29, 0.717) is 33.6 Å². The van der Waals surface area contributed by atoms with E-state index in [2.05, 4.69) is 16.0 Å². The van der Waals surface area contributed by atoms with E-state index in [9.17, 15) is 84.0 Å². The summed E-state index contributed by atoms with van der Waals surface area (Å²) in [5.41, 5.74) is 0.784. The van der Waals surface area contributed by atoms with Crippen molar-refractivity contribution in [3.63, 3.8) is 0 Å². The summed E-state index contributed by atoms with van der Waals surface area (Å²) in [4.78, 5) is 171. The van der Waals surface area contributed by atoms with E-state index in [-0.39, 0.29) is 84.2 Å². The molecule has 6 aromatic rings. The van der Waals surface area contributed by atoms with Crippen LogP contribution in [0.2, 0.25) is 15.1 Å². The topological polar surface area (TPSA) is 555 Å². The molecular formula is C76H92Cl3N5O34S2. The maximum absolute atomic E-state index is 13.1. The van der Waals surface area contributed by atoms with Gasteiger partial charge in [0.1, 0.15) is 27.1 Å². The van der Waals surface area contributed by atoms with Gasteiger partial charge in [0, 0.05) is 5.02 Å². The number of carbonyl (C=O) groups is 14. The minimum atomic E-state index is -4.39. The van der Waals surface area contributed by atoms with E-state index < -0.39 is 175 Å². The molecule has 120 heavy (non-hydrogen) atoms. The molecule has 0 aliphatic carbocycles. The number of ether oxygens (including phenoxy) is 13. The average Bonchev–Trinajstić information content (AvgIpc) is 0.911. The number of hydrogen-bond donors (Lipinski definition) is 5. The average molecular weight is 1790 g/mol. The molecule has 0 amide bonds. The second-order valence-corrected chi connectivity index (χ2v) is 29.4. The van der Waals surface area contributed by atoms with Crippen molar-refractivity contribution in [3.8, 4) is 0 Å². The monoisotopic (exact) mass is 1790 g/mol. The molecule has 0 saturated carbocycles. The first-order valence-electron chi connectivity index (χ1n) is 35.5. The smallest absolute Gasteiger partial charge is 0.348 e. The third-order valence-corrected chi connectivity index (χ3v) is 18.6. The molecule has 658 valence electrons. The van der Waals surface area contributed by atoms with E-state index in [0.717, 1.165) is 52.8 Å². The van der Waals surface area contributed by atoms with Crippen molar-refractivity contribution in [2.24, 2.45) is 10.3 Å². The highest BCUT2D eigenvalue weighted by atomic mass is 35.5. The zero-order chi connectivity index (χ0) is 89.7. The molecule has 0 spiro atoms. The van der Waals surface area contributed by atoms with E-state index in [1.165, 1.54) is 79.4 Å². The zero-order valence-corrected chi connectivity index (χ0v) is 70.4. The number of aryl methyl sites for hydroxylation is 1. The van der Waals surface area contributed by atoms with Gasteiger partial charge in [-0.3, -0.25) is 4.79 Å². The maximum atomic E-state index is 13.1. The van der Waals surface area contributed by atoms with Crippen LogP contribution in [-0.2, 0) is 154 Å². The number of hydrogen-bond acceptors (Lipinski definition) is 37. The van der Waals surface area contributed by atoms with Crippen molar-refractivity contribution in [2.45, 2.75) is 208 Å². The molecule has 11 atom stereocenters. The predicted octanol–water partition coefficient (Wildman–Crippen LogP) is 8.68. The summed E-state index contributed by atoms with van der Waals surface area (Å²) in [6, 6.07) is 17.4. The number of rotatable bonds is 38. The fourth-order valence-corrected chi connectivity index (χ4v) is 11.2. The van der Waals surface area contributed by atoms with Crippen LogP contribution in [0.3, 0.4) is 0 Å². The SMILES string of the molecule is C.CC(=O)[C@H](C)OC(=O)c1cc(S(N)(=O)=O)c(Cl)cc1NCc1ccco1.CCOC(=O)[C@H](C)OC(=O)[C@H](C)OC(=O)[C@H](C)OC(=O)[C@H](C)OC(=O)[C@H](C)OC(=O)[C@H](C)OC(=O)c1cc(S(N)(=O)=O)c(Cl)cc1NCc1ccco1.CCOC(=O)[C@H](C)OC(=O)[C@H](C)OC(=O)[C@H](C)OC(=O)[C@H](C)OC(=O)c1cc(C)c(Cl)cc1NCc1ccco1. The first-order valence-corrected chi connectivity index (χ1v) is 39.7. The molecule has 7 N–H and O–H groups in total. The number of esters is 13. The first-order chi connectivity index (χ1) is 55.6. The lowest BCUT2D eigenvalue weighted by atomic mass is 10.1. The standard InChI is InChI=1S/C32H39ClN2O17S.C27H32ClNO11.C16H17ClN2O6S.CH4/c1-8-45-26(36)15(2)47-27(37)16(3)48-28(38)17(4)49-29(39)18(5)50-30(40)19(6)51-31(41)20(7)52-32(42)22-12-25(53(34,43)44)23(33)13-24(22)35-14-21-10-9-11-46-21;1-7-35-23(30)15(3)37-24(31)16(4)38-25(32)17(5)39-26(33)18(6)40-27(34)20-11-14(2)21(28)12-22(20)29-13-19-9-8-10-36-19;1-9(20)10(2)25-16(21)12-6-15(26(18,22)23)13(17)7-14(12)19-8-11-4-3-5-24-11;/h9-13,15-20,35H,8,14H2,1-7H3,(H2,34,43,44);8-12,15-18,29H,7,13H2,1-6H3;3-7,10,19H,8H2,1-2H3,(H2,18,22,23);1H4/t15-,16-,17-,18-,19-,20-;15-,16-,17-,18-;10-;/m000./s1. The highest BCUT2D eigenvalue weighted by Gasteiger charge is 2.36. The Balaban J connectivity index is 0.000000490. The molecular weight excluding hydrogens is 1700 g/mol. The van der Waals surface area contributed by atoms with Gasteiger partial charge in [-0.15, -0.1) is 0 Å². The number of furan rings is 3. The summed E-state index contributed by atoms with van der Waals surface area (Å²) in [7, 11) is -8.55. The van der Waals surface area contributed by atoms with Gasteiger partial charge >= 0.3 is 77.6 Å². The van der Waals surface area contributed by atoms with Gasteiger partial charge in [-0.25, -0.2) is 89.4 Å². The van der Waals surface area contributed by atoms with Gasteiger partial charge in [0.25, 0.3) is 0 Å². The third kappa shape index (κ3) is 32.6. The van der Waals surface area contributed by atoms with Gasteiger partial charge in [-0.05, 0) is 182 Å². The highest BCUT2D eigenvalue weighted by molar-refractivity contribution is 7.89. The van der Waals surface area contributed by atoms with Gasteiger partial charge < -0.3 is 90.8 Å². The summed E-state index contributed by atoms with van der Waals surface area (Å²) in [6.45, 7) is 20.0. The van der Waals surface area contributed by atoms with Gasteiger partial charge in [0.15, 0.2) is 72.9 Å². The first kappa shape index (κ1) is 103. The fourth-order valence-electron chi connectivity index (χ4n) is 8.87. The van der Waals surface area contributed by atoms with Crippen molar-refractivity contribution in [3.05, 3.63) is 146 Å². The molecule has 0 saturated heterocycles. The Labute approximate surface area is 703 Å². The van der Waals surface area contributed by atoms with Crippen molar-refractivity contribution >= 4 is 155 Å². The quantitative estimate of drug-likeness (QED) is 0.0179. The highest BCUT2D eigenvalue weighted by Crippen LogP contribution is 2.33. The second kappa shape index (κ2) is 47.8. The number of sulfonamides is 2. The Morgan fingerprint density at radius 2 is 0.583 bits per heavy atom. The number of halogens is 3. The molecule has 6 rings (SSSR count). The predicted molar refractivity (Wildman–Crippen MR) is 420 cm³/mol. The van der Waals surface area contributed by atoms with Gasteiger partial charge in [0.2, 0.25) is 20.0 Å². The molecule has 3 aromatic heterocycles. The summed E-state index contributed by atoms with van der Waals surface area (Å²) in [5.74, 6) is -12.2. The second-order valence-electron chi connectivity index (χ2n) is 25.1. The van der Waals surface area contributed by atoms with Crippen molar-refractivity contribution in [1.29, 1.82) is 0 Å². The molecule has 0 aliphatic heterocycles. The lowest BCUT2D eigenvalue weighted by molar-refractivity contribution is -0.187. The number of Topliss-reactive ketones (excluding diaryl/α,β-unsaturated/α-hetero) is 1. The van der Waals surface area contributed by atoms with E-state index in [1.54, 1.807) is 63.2 Å². The van der Waals surface area contributed by atoms with Crippen LogP contribution in [0.4, 0.5) is 17.1 Å². The summed E-state index contributed by atoms with van der Waals surface area (Å²) in [6.07, 6.45) is -11.3. The Hall–Kier alpha value is -11.6. The Kier molecular flexibility index (Phi) is 40.9. The van der Waals surface area contributed by atoms with Gasteiger partial charge in [-0.1, -0.05) is 42.2 Å². The normalized spacial score (nSPS) is 13.7.